The van der Waals surface area contributed by atoms with Crippen molar-refractivity contribution in [3.8, 4) is 6.07 Å². The van der Waals surface area contributed by atoms with Gasteiger partial charge in [0.15, 0.2) is 4.34 Å². The van der Waals surface area contributed by atoms with Gasteiger partial charge >= 0.3 is 0 Å². The number of aromatic nitrogens is 1. The van der Waals surface area contributed by atoms with Crippen LogP contribution >= 0.6 is 23.1 Å². The third-order valence-corrected chi connectivity index (χ3v) is 5.30. The average Bonchev–Trinajstić information content (AvgIpc) is 2.95. The van der Waals surface area contributed by atoms with E-state index in [1.54, 1.807) is 0 Å². The Morgan fingerprint density at radius 3 is 2.96 bits per heavy atom. The van der Waals surface area contributed by atoms with Gasteiger partial charge in [-0.2, -0.15) is 5.26 Å². The maximum Gasteiger partial charge on any atom is 0.255 e. The van der Waals surface area contributed by atoms with Gasteiger partial charge in [-0.05, 0) is 36.8 Å². The number of nitriles is 1. The second-order valence-electron chi connectivity index (χ2n) is 4.88. The minimum atomic E-state index is -0.119. The van der Waals surface area contributed by atoms with Crippen molar-refractivity contribution in [1.82, 2.24) is 4.98 Å². The minimum Gasteiger partial charge on any atom is -0.322 e. The molecule has 0 saturated heterocycles. The summed E-state index contributed by atoms with van der Waals surface area (Å²) in [5.74, 6) is 0.266. The van der Waals surface area contributed by atoms with Crippen LogP contribution in [0.2, 0.25) is 0 Å². The predicted molar refractivity (Wildman–Crippen MR) is 95.1 cm³/mol. The average molecular weight is 339 g/mol. The molecule has 114 valence electrons. The standard InChI is InChI=1S/C17H13N3OS2/c1-11-4-2-3-5-13(11)16(21)19-12-6-7-14-15(10-12)23-17(20-14)22-9-8-18/h2-7,10H,9H2,1H3,(H,19,21). The van der Waals surface area contributed by atoms with Gasteiger partial charge in [0.2, 0.25) is 0 Å². The van der Waals surface area contributed by atoms with Crippen molar-refractivity contribution in [2.45, 2.75) is 11.3 Å². The van der Waals surface area contributed by atoms with Crippen LogP contribution in [0, 0.1) is 18.3 Å². The van der Waals surface area contributed by atoms with Gasteiger partial charge in [0, 0.05) is 11.3 Å². The third kappa shape index (κ3) is 3.52. The Bertz CT molecular complexity index is 912. The lowest BCUT2D eigenvalue weighted by Gasteiger charge is -2.07. The molecule has 23 heavy (non-hydrogen) atoms. The number of hydrogen-bond acceptors (Lipinski definition) is 5. The number of benzene rings is 2. The fourth-order valence-electron chi connectivity index (χ4n) is 2.16. The SMILES string of the molecule is Cc1ccccc1C(=O)Nc1ccc2nc(SCC#N)sc2c1. The summed E-state index contributed by atoms with van der Waals surface area (Å²) >= 11 is 2.95. The molecular formula is C17H13N3OS2. The number of fused-ring (bicyclic) bond motifs is 1. The van der Waals surface area contributed by atoms with E-state index >= 15 is 0 Å². The van der Waals surface area contributed by atoms with E-state index in [1.807, 2.05) is 49.4 Å². The lowest BCUT2D eigenvalue weighted by atomic mass is 10.1. The monoisotopic (exact) mass is 339 g/mol. The molecule has 0 atom stereocenters. The van der Waals surface area contributed by atoms with E-state index in [2.05, 4.69) is 16.4 Å². The molecule has 6 heteroatoms. The van der Waals surface area contributed by atoms with Gasteiger partial charge in [0.1, 0.15) is 0 Å². The molecule has 4 nitrogen and oxygen atoms in total. The fourth-order valence-corrected chi connectivity index (χ4v) is 3.93. The van der Waals surface area contributed by atoms with Crippen LogP contribution in [-0.4, -0.2) is 16.6 Å². The number of carbonyl (C=O) groups is 1. The minimum absolute atomic E-state index is 0.119. The number of rotatable bonds is 4. The number of hydrogen-bond donors (Lipinski definition) is 1. The number of aryl methyl sites for hydroxylation is 1. The molecule has 0 bridgehead atoms. The van der Waals surface area contributed by atoms with E-state index in [9.17, 15) is 4.79 Å². The maximum absolute atomic E-state index is 12.4. The van der Waals surface area contributed by atoms with Gasteiger partial charge in [-0.15, -0.1) is 11.3 Å². The van der Waals surface area contributed by atoms with Gasteiger partial charge in [-0.3, -0.25) is 4.79 Å². The summed E-state index contributed by atoms with van der Waals surface area (Å²) in [7, 11) is 0. The smallest absolute Gasteiger partial charge is 0.255 e. The Hall–Kier alpha value is -2.36. The molecule has 0 spiro atoms. The predicted octanol–water partition coefficient (Wildman–Crippen LogP) is 4.47. The molecule has 0 fully saturated rings. The molecule has 1 N–H and O–H groups in total. The molecule has 1 aromatic heterocycles. The van der Waals surface area contributed by atoms with E-state index < -0.39 is 0 Å². The third-order valence-electron chi connectivity index (χ3n) is 3.28. The van der Waals surface area contributed by atoms with Crippen LogP contribution in [0.25, 0.3) is 10.2 Å². The van der Waals surface area contributed by atoms with Crippen LogP contribution < -0.4 is 5.32 Å². The lowest BCUT2D eigenvalue weighted by Crippen LogP contribution is -2.13. The number of carbonyl (C=O) groups excluding carboxylic acids is 1. The molecule has 1 heterocycles. The molecular weight excluding hydrogens is 326 g/mol. The van der Waals surface area contributed by atoms with Gasteiger partial charge in [-0.1, -0.05) is 30.0 Å². The molecule has 0 saturated carbocycles. The van der Waals surface area contributed by atoms with Crippen molar-refractivity contribution in [1.29, 1.82) is 5.26 Å². The van der Waals surface area contributed by atoms with Crippen molar-refractivity contribution >= 4 is 44.9 Å². The van der Waals surface area contributed by atoms with Crippen LogP contribution in [-0.2, 0) is 0 Å². The molecule has 2 aromatic carbocycles. The van der Waals surface area contributed by atoms with E-state index in [4.69, 9.17) is 5.26 Å². The number of anilines is 1. The molecule has 3 aromatic rings. The van der Waals surface area contributed by atoms with Gasteiger partial charge < -0.3 is 5.32 Å². The first-order valence-electron chi connectivity index (χ1n) is 6.94. The summed E-state index contributed by atoms with van der Waals surface area (Å²) in [6.45, 7) is 1.92. The van der Waals surface area contributed by atoms with Crippen molar-refractivity contribution in [3.05, 3.63) is 53.6 Å². The summed E-state index contributed by atoms with van der Waals surface area (Å²) in [6.07, 6.45) is 0. The highest BCUT2D eigenvalue weighted by Crippen LogP contribution is 2.31. The first-order chi connectivity index (χ1) is 11.2. The van der Waals surface area contributed by atoms with Crippen molar-refractivity contribution < 1.29 is 4.79 Å². The molecule has 0 radical (unpaired) electrons. The number of nitrogens with zero attached hydrogens (tertiary/aromatic N) is 2. The maximum atomic E-state index is 12.4. The zero-order valence-electron chi connectivity index (χ0n) is 12.4. The molecule has 0 aliphatic heterocycles. The summed E-state index contributed by atoms with van der Waals surface area (Å²) in [4.78, 5) is 16.8. The zero-order valence-corrected chi connectivity index (χ0v) is 14.0. The lowest BCUT2D eigenvalue weighted by molar-refractivity contribution is 0.102. The number of thiazole rings is 1. The van der Waals surface area contributed by atoms with E-state index in [-0.39, 0.29) is 5.91 Å². The highest BCUT2D eigenvalue weighted by molar-refractivity contribution is 8.01. The van der Waals surface area contributed by atoms with Crippen LogP contribution in [0.1, 0.15) is 15.9 Å². The van der Waals surface area contributed by atoms with Gasteiger partial charge in [-0.25, -0.2) is 4.98 Å². The Morgan fingerprint density at radius 1 is 1.35 bits per heavy atom. The topological polar surface area (TPSA) is 65.8 Å². The van der Waals surface area contributed by atoms with Crippen molar-refractivity contribution in [2.24, 2.45) is 0 Å². The number of thioether (sulfide) groups is 1. The largest absolute Gasteiger partial charge is 0.322 e. The van der Waals surface area contributed by atoms with Crippen molar-refractivity contribution in [2.75, 3.05) is 11.1 Å². The second-order valence-corrected chi connectivity index (χ2v) is 7.13. The van der Waals surface area contributed by atoms with Crippen LogP contribution in [0.15, 0.2) is 46.8 Å². The second kappa shape index (κ2) is 6.82. The first kappa shape index (κ1) is 15.5. The quantitative estimate of drug-likeness (QED) is 0.712. The normalized spacial score (nSPS) is 10.4. The molecule has 3 rings (SSSR count). The van der Waals surface area contributed by atoms with Crippen molar-refractivity contribution in [3.63, 3.8) is 0 Å². The first-order valence-corrected chi connectivity index (χ1v) is 8.75. The highest BCUT2D eigenvalue weighted by Gasteiger charge is 2.10. The fraction of sp³-hybridized carbons (Fsp3) is 0.118. The summed E-state index contributed by atoms with van der Waals surface area (Å²) in [5, 5.41) is 11.6. The Balaban J connectivity index is 1.82. The zero-order chi connectivity index (χ0) is 16.2. The van der Waals surface area contributed by atoms with Gasteiger partial charge in [0.05, 0.1) is 22.0 Å². The number of nitrogens with one attached hydrogen (secondary N) is 1. The Morgan fingerprint density at radius 2 is 2.17 bits per heavy atom. The van der Waals surface area contributed by atoms with E-state index in [0.717, 1.165) is 25.8 Å². The molecule has 1 amide bonds. The van der Waals surface area contributed by atoms with Gasteiger partial charge in [0.25, 0.3) is 5.91 Å². The Labute approximate surface area is 142 Å². The molecule has 0 aliphatic rings. The number of amides is 1. The van der Waals surface area contributed by atoms with E-state index in [1.165, 1.54) is 23.1 Å². The summed E-state index contributed by atoms with van der Waals surface area (Å²) < 4.78 is 1.86. The molecule has 0 unspecified atom stereocenters. The van der Waals surface area contributed by atoms with E-state index in [0.29, 0.717) is 11.3 Å². The summed E-state index contributed by atoms with van der Waals surface area (Å²) in [5.41, 5.74) is 3.23. The molecule has 0 aliphatic carbocycles. The van der Waals surface area contributed by atoms with Crippen LogP contribution in [0.3, 0.4) is 0 Å². The summed E-state index contributed by atoms with van der Waals surface area (Å²) in [6, 6.07) is 15.2. The van der Waals surface area contributed by atoms with Crippen LogP contribution in [0.5, 0.6) is 0 Å². The van der Waals surface area contributed by atoms with Crippen LogP contribution in [0.4, 0.5) is 5.69 Å². The Kier molecular flexibility index (Phi) is 4.60. The highest BCUT2D eigenvalue weighted by atomic mass is 32.2.